The zero-order chi connectivity index (χ0) is 19.6. The van der Waals surface area contributed by atoms with E-state index in [2.05, 4.69) is 71.2 Å². The van der Waals surface area contributed by atoms with E-state index in [0.29, 0.717) is 29.8 Å². The van der Waals surface area contributed by atoms with Gasteiger partial charge in [0.15, 0.2) is 0 Å². The van der Waals surface area contributed by atoms with Gasteiger partial charge in [-0.2, -0.15) is 9.78 Å². The maximum absolute atomic E-state index is 12.9. The van der Waals surface area contributed by atoms with E-state index >= 15 is 0 Å². The second-order valence-electron chi connectivity index (χ2n) is 5.65. The smallest absolute Gasteiger partial charge is 0.282 e. The second kappa shape index (κ2) is 8.99. The average molecular weight is 652 g/mol. The molecule has 1 aromatic heterocycles. The summed E-state index contributed by atoms with van der Waals surface area (Å²) >= 11 is 7.91. The standard InChI is InChI=1S/C19H16BrI2N3O2/c1-3-17-24-16-6-5-12(20)9-13(16)19(26)25(17)23-10-11-7-14(21)18(27-4-2)15(22)8-11/h5-10H,3-4H2,1-2H3. The number of benzene rings is 2. The molecule has 0 saturated carbocycles. The van der Waals surface area contributed by atoms with Gasteiger partial charge in [0.05, 0.1) is 30.9 Å². The quantitative estimate of drug-likeness (QED) is 0.281. The minimum absolute atomic E-state index is 0.176. The molecule has 140 valence electrons. The molecule has 2 aromatic carbocycles. The zero-order valence-corrected chi connectivity index (χ0v) is 20.6. The van der Waals surface area contributed by atoms with Crippen LogP contribution in [0, 0.1) is 7.14 Å². The summed E-state index contributed by atoms with van der Waals surface area (Å²) in [5.41, 5.74) is 1.40. The highest BCUT2D eigenvalue weighted by atomic mass is 127. The number of ether oxygens (including phenoxy) is 1. The van der Waals surface area contributed by atoms with Crippen molar-refractivity contribution in [2.24, 2.45) is 5.10 Å². The van der Waals surface area contributed by atoms with Gasteiger partial charge in [-0.1, -0.05) is 22.9 Å². The van der Waals surface area contributed by atoms with Crippen LogP contribution in [-0.2, 0) is 6.42 Å². The molecule has 5 nitrogen and oxygen atoms in total. The molecule has 0 spiro atoms. The van der Waals surface area contributed by atoms with Crippen LogP contribution < -0.4 is 10.3 Å². The van der Waals surface area contributed by atoms with Gasteiger partial charge in [-0.3, -0.25) is 4.79 Å². The van der Waals surface area contributed by atoms with Crippen LogP contribution in [0.1, 0.15) is 25.2 Å². The number of nitrogens with zero attached hydrogens (tertiary/aromatic N) is 3. The average Bonchev–Trinajstić information content (AvgIpc) is 2.64. The Kier molecular flexibility index (Phi) is 6.90. The van der Waals surface area contributed by atoms with Gasteiger partial charge in [-0.05, 0) is 88.0 Å². The summed E-state index contributed by atoms with van der Waals surface area (Å²) in [4.78, 5) is 17.5. The van der Waals surface area contributed by atoms with Crippen LogP contribution in [0.3, 0.4) is 0 Å². The fourth-order valence-electron chi connectivity index (χ4n) is 2.60. The highest BCUT2D eigenvalue weighted by Crippen LogP contribution is 2.28. The molecule has 0 unspecified atom stereocenters. The minimum atomic E-state index is -0.176. The van der Waals surface area contributed by atoms with Gasteiger partial charge >= 0.3 is 0 Å². The van der Waals surface area contributed by atoms with E-state index in [1.165, 1.54) is 4.68 Å². The van der Waals surface area contributed by atoms with Crippen LogP contribution in [0.25, 0.3) is 10.9 Å². The van der Waals surface area contributed by atoms with E-state index in [0.717, 1.165) is 22.9 Å². The van der Waals surface area contributed by atoms with Crippen LogP contribution in [-0.4, -0.2) is 22.5 Å². The van der Waals surface area contributed by atoms with E-state index in [4.69, 9.17) is 4.74 Å². The number of hydrogen-bond donors (Lipinski definition) is 0. The van der Waals surface area contributed by atoms with E-state index < -0.39 is 0 Å². The number of rotatable bonds is 5. The number of fused-ring (bicyclic) bond motifs is 1. The molecule has 0 N–H and O–H groups in total. The Morgan fingerprint density at radius 1 is 1.22 bits per heavy atom. The Balaban J connectivity index is 2.08. The Morgan fingerprint density at radius 3 is 2.56 bits per heavy atom. The van der Waals surface area contributed by atoms with E-state index in [1.54, 1.807) is 12.3 Å². The van der Waals surface area contributed by atoms with Crippen molar-refractivity contribution in [2.75, 3.05) is 6.61 Å². The number of aryl methyl sites for hydroxylation is 1. The third-order valence-electron chi connectivity index (χ3n) is 3.82. The molecule has 0 saturated heterocycles. The molecule has 0 amide bonds. The van der Waals surface area contributed by atoms with Gasteiger partial charge in [0.1, 0.15) is 11.6 Å². The van der Waals surface area contributed by atoms with Crippen molar-refractivity contribution >= 4 is 78.2 Å². The summed E-state index contributed by atoms with van der Waals surface area (Å²) in [6.45, 7) is 4.54. The number of halogens is 3. The SMILES string of the molecule is CCOc1c(I)cc(C=Nn2c(CC)nc3ccc(Br)cc3c2=O)cc1I. The summed E-state index contributed by atoms with van der Waals surface area (Å²) in [6.07, 6.45) is 2.29. The Hall–Kier alpha value is -1.01. The van der Waals surface area contributed by atoms with Crippen LogP contribution >= 0.6 is 61.1 Å². The number of hydrogen-bond acceptors (Lipinski definition) is 4. The van der Waals surface area contributed by atoms with E-state index in [9.17, 15) is 4.79 Å². The molecule has 0 radical (unpaired) electrons. The van der Waals surface area contributed by atoms with Crippen molar-refractivity contribution in [1.82, 2.24) is 9.66 Å². The van der Waals surface area contributed by atoms with E-state index in [-0.39, 0.29) is 5.56 Å². The summed E-state index contributed by atoms with van der Waals surface area (Å²) in [6, 6.07) is 9.47. The lowest BCUT2D eigenvalue weighted by Crippen LogP contribution is -2.22. The predicted molar refractivity (Wildman–Crippen MR) is 129 cm³/mol. The molecular weight excluding hydrogens is 636 g/mol. The van der Waals surface area contributed by atoms with Crippen molar-refractivity contribution in [1.29, 1.82) is 0 Å². The Bertz CT molecular complexity index is 1070. The van der Waals surface area contributed by atoms with Gasteiger partial charge in [0.2, 0.25) is 0 Å². The highest BCUT2D eigenvalue weighted by molar-refractivity contribution is 14.1. The van der Waals surface area contributed by atoms with Crippen molar-refractivity contribution in [3.63, 3.8) is 0 Å². The Morgan fingerprint density at radius 2 is 1.93 bits per heavy atom. The molecule has 8 heteroatoms. The monoisotopic (exact) mass is 651 g/mol. The lowest BCUT2D eigenvalue weighted by Gasteiger charge is -2.10. The fraction of sp³-hybridized carbons (Fsp3) is 0.211. The maximum Gasteiger partial charge on any atom is 0.282 e. The normalized spacial score (nSPS) is 11.4. The van der Waals surface area contributed by atoms with Gasteiger partial charge in [0.25, 0.3) is 5.56 Å². The lowest BCUT2D eigenvalue weighted by atomic mass is 10.2. The van der Waals surface area contributed by atoms with Crippen molar-refractivity contribution in [3.05, 3.63) is 63.7 Å². The summed E-state index contributed by atoms with van der Waals surface area (Å²) < 4.78 is 9.90. The van der Waals surface area contributed by atoms with Gasteiger partial charge < -0.3 is 4.74 Å². The first-order chi connectivity index (χ1) is 12.9. The zero-order valence-electron chi connectivity index (χ0n) is 14.7. The molecule has 1 heterocycles. The molecule has 3 rings (SSSR count). The Labute approximate surface area is 192 Å². The number of aromatic nitrogens is 2. The van der Waals surface area contributed by atoms with Crippen molar-refractivity contribution < 1.29 is 4.74 Å². The third kappa shape index (κ3) is 4.53. The molecular formula is C19H16BrI2N3O2. The first-order valence-electron chi connectivity index (χ1n) is 8.32. The van der Waals surface area contributed by atoms with Gasteiger partial charge in [-0.15, -0.1) is 0 Å². The van der Waals surface area contributed by atoms with E-state index in [1.807, 2.05) is 38.1 Å². The summed E-state index contributed by atoms with van der Waals surface area (Å²) in [5, 5.41) is 4.98. The summed E-state index contributed by atoms with van der Waals surface area (Å²) in [5.74, 6) is 1.50. The molecule has 0 aliphatic heterocycles. The molecule has 0 aliphatic carbocycles. The largest absolute Gasteiger partial charge is 0.492 e. The molecule has 0 fully saturated rings. The maximum atomic E-state index is 12.9. The first kappa shape index (κ1) is 20.7. The first-order valence-corrected chi connectivity index (χ1v) is 11.3. The molecule has 0 aliphatic rings. The van der Waals surface area contributed by atoms with Crippen LogP contribution in [0.15, 0.2) is 44.7 Å². The van der Waals surface area contributed by atoms with Gasteiger partial charge in [-0.25, -0.2) is 4.98 Å². The highest BCUT2D eigenvalue weighted by Gasteiger charge is 2.11. The van der Waals surface area contributed by atoms with Gasteiger partial charge in [0, 0.05) is 10.9 Å². The lowest BCUT2D eigenvalue weighted by molar-refractivity contribution is 0.335. The molecule has 3 aromatic rings. The predicted octanol–water partition coefficient (Wildman–Crippen LogP) is 5.21. The molecule has 0 atom stereocenters. The van der Waals surface area contributed by atoms with Crippen LogP contribution in [0.5, 0.6) is 5.75 Å². The van der Waals surface area contributed by atoms with Crippen molar-refractivity contribution in [3.8, 4) is 5.75 Å². The third-order valence-corrected chi connectivity index (χ3v) is 5.92. The second-order valence-corrected chi connectivity index (χ2v) is 8.89. The van der Waals surface area contributed by atoms with Crippen molar-refractivity contribution in [2.45, 2.75) is 20.3 Å². The van der Waals surface area contributed by atoms with Crippen LogP contribution in [0.2, 0.25) is 0 Å². The van der Waals surface area contributed by atoms with Crippen LogP contribution in [0.4, 0.5) is 0 Å². The summed E-state index contributed by atoms with van der Waals surface area (Å²) in [7, 11) is 0. The topological polar surface area (TPSA) is 56.5 Å². The molecule has 0 bridgehead atoms. The molecule has 27 heavy (non-hydrogen) atoms. The fourth-order valence-corrected chi connectivity index (χ4v) is 5.09. The minimum Gasteiger partial charge on any atom is -0.492 e.